The summed E-state index contributed by atoms with van der Waals surface area (Å²) >= 11 is 3.37. The number of hydrogen-bond donors (Lipinski definition) is 3. The molecule has 0 fully saturated rings. The highest BCUT2D eigenvalue weighted by atomic mass is 79.9. The van der Waals surface area contributed by atoms with Gasteiger partial charge in [0.1, 0.15) is 11.9 Å². The zero-order valence-corrected chi connectivity index (χ0v) is 15.8. The number of para-hydroxylation sites is 1. The first kappa shape index (κ1) is 19.3. The van der Waals surface area contributed by atoms with E-state index < -0.39 is 17.6 Å². The maximum Gasteiger partial charge on any atom is 0.412 e. The zero-order valence-electron chi connectivity index (χ0n) is 14.2. The zero-order chi connectivity index (χ0) is 18.4. The number of aromatic hydroxyl groups is 1. The monoisotopic (exact) mass is 407 g/mol. The van der Waals surface area contributed by atoms with Crippen LogP contribution in [0.25, 0.3) is 0 Å². The number of amides is 1. The van der Waals surface area contributed by atoms with E-state index in [-0.39, 0.29) is 12.4 Å². The van der Waals surface area contributed by atoms with E-state index in [0.717, 1.165) is 4.47 Å². The number of phenolic OH excluding ortho intramolecular Hbond substituents is 1. The van der Waals surface area contributed by atoms with Crippen molar-refractivity contribution in [2.24, 2.45) is 5.41 Å². The van der Waals surface area contributed by atoms with Crippen molar-refractivity contribution in [3.63, 3.8) is 0 Å². The number of rotatable bonds is 6. The number of aliphatic hydroxyl groups excluding tert-OH is 1. The summed E-state index contributed by atoms with van der Waals surface area (Å²) in [6.45, 7) is 3.70. The molecule has 0 radical (unpaired) electrons. The lowest BCUT2D eigenvalue weighted by molar-refractivity contribution is 0.0138. The van der Waals surface area contributed by atoms with Crippen LogP contribution >= 0.6 is 15.9 Å². The van der Waals surface area contributed by atoms with Gasteiger partial charge >= 0.3 is 6.09 Å². The van der Waals surface area contributed by atoms with Crippen molar-refractivity contribution < 1.29 is 19.7 Å². The van der Waals surface area contributed by atoms with Crippen molar-refractivity contribution in [3.05, 3.63) is 58.6 Å². The number of benzene rings is 2. The number of carbonyl (C=O) groups is 1. The smallest absolute Gasteiger partial charge is 0.412 e. The third-order valence-corrected chi connectivity index (χ3v) is 4.48. The molecular weight excluding hydrogens is 386 g/mol. The highest BCUT2D eigenvalue weighted by molar-refractivity contribution is 9.10. The van der Waals surface area contributed by atoms with Crippen LogP contribution in [0, 0.1) is 5.41 Å². The van der Waals surface area contributed by atoms with Gasteiger partial charge in [-0.2, -0.15) is 0 Å². The fraction of sp³-hybridized carbons (Fsp3) is 0.316. The maximum atomic E-state index is 12.4. The number of halogens is 1. The van der Waals surface area contributed by atoms with Crippen LogP contribution in [-0.4, -0.2) is 22.9 Å². The molecule has 0 bridgehead atoms. The van der Waals surface area contributed by atoms with Gasteiger partial charge in [0.25, 0.3) is 0 Å². The molecule has 0 saturated heterocycles. The number of aliphatic hydroxyl groups is 1. The van der Waals surface area contributed by atoms with Crippen molar-refractivity contribution in [2.75, 3.05) is 11.9 Å². The van der Waals surface area contributed by atoms with Crippen LogP contribution < -0.4 is 5.32 Å². The molecule has 2 aromatic carbocycles. The van der Waals surface area contributed by atoms with E-state index in [1.807, 2.05) is 32.0 Å². The number of phenols is 1. The second kappa shape index (κ2) is 8.36. The summed E-state index contributed by atoms with van der Waals surface area (Å²) in [5, 5.41) is 22.3. The minimum Gasteiger partial charge on any atom is -0.508 e. The molecule has 6 heteroatoms. The first-order chi connectivity index (χ1) is 11.8. The lowest BCUT2D eigenvalue weighted by Gasteiger charge is -2.34. The van der Waals surface area contributed by atoms with Gasteiger partial charge in [0.2, 0.25) is 0 Å². The molecule has 0 aliphatic rings. The number of carbonyl (C=O) groups excluding carboxylic acids is 1. The van der Waals surface area contributed by atoms with Gasteiger partial charge in [-0.25, -0.2) is 4.79 Å². The first-order valence-electron chi connectivity index (χ1n) is 7.95. The highest BCUT2D eigenvalue weighted by Gasteiger charge is 2.35. The first-order valence-corrected chi connectivity index (χ1v) is 8.75. The molecule has 0 spiro atoms. The molecule has 0 aromatic heterocycles. The Labute approximate surface area is 155 Å². The Hall–Kier alpha value is -2.05. The Kier molecular flexibility index (Phi) is 6.45. The molecule has 0 saturated carbocycles. The Bertz CT molecular complexity index is 719. The summed E-state index contributed by atoms with van der Waals surface area (Å²) in [7, 11) is 0. The predicted octanol–water partition coefficient (Wildman–Crippen LogP) is 4.85. The molecule has 1 atom stereocenters. The van der Waals surface area contributed by atoms with Gasteiger partial charge in [0, 0.05) is 27.7 Å². The average Bonchev–Trinajstić information content (AvgIpc) is 2.56. The molecule has 0 aliphatic heterocycles. The van der Waals surface area contributed by atoms with Crippen LogP contribution in [-0.2, 0) is 4.74 Å². The Morgan fingerprint density at radius 1 is 1.24 bits per heavy atom. The summed E-state index contributed by atoms with van der Waals surface area (Å²) in [5.41, 5.74) is 0.516. The van der Waals surface area contributed by atoms with Gasteiger partial charge in [-0.05, 0) is 36.8 Å². The summed E-state index contributed by atoms with van der Waals surface area (Å²) in [6.07, 6.45) is -0.954. The average molecular weight is 408 g/mol. The Morgan fingerprint density at radius 2 is 1.92 bits per heavy atom. The van der Waals surface area contributed by atoms with E-state index >= 15 is 0 Å². The third-order valence-electron chi connectivity index (χ3n) is 3.98. The van der Waals surface area contributed by atoms with E-state index in [2.05, 4.69) is 21.2 Å². The Balaban J connectivity index is 2.28. The minimum atomic E-state index is -0.735. The van der Waals surface area contributed by atoms with Crippen LogP contribution in [0.5, 0.6) is 5.75 Å². The van der Waals surface area contributed by atoms with E-state index in [9.17, 15) is 15.0 Å². The lowest BCUT2D eigenvalue weighted by Crippen LogP contribution is -2.30. The number of anilines is 1. The van der Waals surface area contributed by atoms with Crippen molar-refractivity contribution >= 4 is 27.7 Å². The van der Waals surface area contributed by atoms with Gasteiger partial charge in [-0.1, -0.05) is 48.0 Å². The van der Waals surface area contributed by atoms with E-state index in [4.69, 9.17) is 4.74 Å². The lowest BCUT2D eigenvalue weighted by atomic mass is 9.79. The normalized spacial score (nSPS) is 12.5. The molecule has 134 valence electrons. The second-order valence-corrected chi connectivity index (χ2v) is 7.36. The van der Waals surface area contributed by atoms with Crippen molar-refractivity contribution in [2.45, 2.75) is 26.4 Å². The van der Waals surface area contributed by atoms with Gasteiger partial charge < -0.3 is 14.9 Å². The third kappa shape index (κ3) is 5.21. The number of hydrogen-bond acceptors (Lipinski definition) is 4. The summed E-state index contributed by atoms with van der Waals surface area (Å²) in [4.78, 5) is 12.4. The van der Waals surface area contributed by atoms with Gasteiger partial charge in [-0.3, -0.25) is 5.32 Å². The van der Waals surface area contributed by atoms with Crippen LogP contribution in [0.2, 0.25) is 0 Å². The number of ether oxygens (including phenoxy) is 1. The quantitative estimate of drug-likeness (QED) is 0.638. The second-order valence-electron chi connectivity index (χ2n) is 6.44. The summed E-state index contributed by atoms with van der Waals surface area (Å²) < 4.78 is 6.41. The van der Waals surface area contributed by atoms with Crippen LogP contribution in [0.15, 0.2) is 53.0 Å². The maximum absolute atomic E-state index is 12.4. The number of nitrogens with one attached hydrogen (secondary N) is 1. The molecule has 1 amide bonds. The SMILES string of the molecule is CC(C)(CCO)[C@@H](OC(=O)Nc1ccccc1)c1cc(Br)ccc1O. The van der Waals surface area contributed by atoms with Crippen molar-refractivity contribution in [1.29, 1.82) is 0 Å². The Morgan fingerprint density at radius 3 is 2.56 bits per heavy atom. The predicted molar refractivity (Wildman–Crippen MR) is 101 cm³/mol. The summed E-state index contributed by atoms with van der Waals surface area (Å²) in [6, 6.07) is 13.9. The molecule has 0 unspecified atom stereocenters. The molecule has 2 rings (SSSR count). The van der Waals surface area contributed by atoms with E-state index in [1.165, 1.54) is 0 Å². The van der Waals surface area contributed by atoms with Crippen LogP contribution in [0.1, 0.15) is 31.9 Å². The van der Waals surface area contributed by atoms with Crippen molar-refractivity contribution in [3.8, 4) is 5.75 Å². The van der Waals surface area contributed by atoms with Gasteiger partial charge in [-0.15, -0.1) is 0 Å². The largest absolute Gasteiger partial charge is 0.508 e. The van der Waals surface area contributed by atoms with Crippen molar-refractivity contribution in [1.82, 2.24) is 0 Å². The highest BCUT2D eigenvalue weighted by Crippen LogP contribution is 2.43. The fourth-order valence-corrected chi connectivity index (χ4v) is 2.95. The van der Waals surface area contributed by atoms with E-state index in [1.54, 1.807) is 30.3 Å². The molecule has 5 nitrogen and oxygen atoms in total. The summed E-state index contributed by atoms with van der Waals surface area (Å²) in [5.74, 6) is 0.0340. The molecule has 25 heavy (non-hydrogen) atoms. The molecule has 2 aromatic rings. The molecule has 0 aliphatic carbocycles. The molecule has 0 heterocycles. The molecule has 3 N–H and O–H groups in total. The standard InChI is InChI=1S/C19H22BrNO4/c1-19(2,10-11-22)17(15-12-13(20)8-9-16(15)23)25-18(24)21-14-6-4-3-5-7-14/h3-9,12,17,22-23H,10-11H2,1-2H3,(H,21,24)/t17-/m0/s1. The fourth-order valence-electron chi connectivity index (χ4n) is 2.57. The van der Waals surface area contributed by atoms with Crippen LogP contribution in [0.4, 0.5) is 10.5 Å². The van der Waals surface area contributed by atoms with E-state index in [0.29, 0.717) is 17.7 Å². The topological polar surface area (TPSA) is 78.8 Å². The van der Waals surface area contributed by atoms with Crippen LogP contribution in [0.3, 0.4) is 0 Å². The minimum absolute atomic E-state index is 0.0340. The van der Waals surface area contributed by atoms with Gasteiger partial charge in [0.05, 0.1) is 0 Å². The van der Waals surface area contributed by atoms with Gasteiger partial charge in [0.15, 0.2) is 0 Å². The molecular formula is C19H22BrNO4.